The molecule has 0 fully saturated rings. The molecule has 0 unspecified atom stereocenters. The molecule has 54 heavy (non-hydrogen) atoms. The maximum absolute atomic E-state index is 2.47. The summed E-state index contributed by atoms with van der Waals surface area (Å²) in [5, 5.41) is 7.83. The van der Waals surface area contributed by atoms with Gasteiger partial charge < -0.3 is 0 Å². The Morgan fingerprint density at radius 2 is 0.759 bits per heavy atom. The van der Waals surface area contributed by atoms with E-state index in [0.717, 1.165) is 0 Å². The van der Waals surface area contributed by atoms with Crippen molar-refractivity contribution in [2.24, 2.45) is 0 Å². The molecule has 0 heteroatoms. The highest BCUT2D eigenvalue weighted by atomic mass is 14.3. The fraction of sp³-hybridized carbons (Fsp3) is 0. The van der Waals surface area contributed by atoms with Gasteiger partial charge in [0.2, 0.25) is 0 Å². The van der Waals surface area contributed by atoms with Crippen LogP contribution in [0.5, 0.6) is 0 Å². The monoisotopic (exact) mass is 680 g/mol. The van der Waals surface area contributed by atoms with Crippen molar-refractivity contribution < 1.29 is 0 Å². The summed E-state index contributed by atoms with van der Waals surface area (Å²) >= 11 is 0. The standard InChI is InChI=1S/C54H32/c1-4-14-33(15-5-1)39-28-29-46-52-42(39)24-13-25-45(52)53-50(34-16-6-2-7-17-34)44-27-26-36(31-48(44)51(54(46)53)35-18-8-3-9-19-35)38-30-37-20-12-23-43-40-21-10-11-22-41(40)47(32-38)49(37)43/h1-32H. The van der Waals surface area contributed by atoms with E-state index in [0.29, 0.717) is 0 Å². The SMILES string of the molecule is c1ccc(-c2c3c(c(-c4ccccc4)c4cc(-c5cc6c7c(cccc7c5)-c5ccccc5-6)ccc24)-c2ccc(-c4ccccc4)c4cccc-3c24)cc1. The summed E-state index contributed by atoms with van der Waals surface area (Å²) in [6.07, 6.45) is 0. The van der Waals surface area contributed by atoms with Crippen LogP contribution in [-0.4, -0.2) is 0 Å². The average Bonchev–Trinajstić information content (AvgIpc) is 3.75. The quantitative estimate of drug-likeness (QED) is 0.174. The van der Waals surface area contributed by atoms with E-state index >= 15 is 0 Å². The van der Waals surface area contributed by atoms with Gasteiger partial charge in [-0.2, -0.15) is 0 Å². The lowest BCUT2D eigenvalue weighted by molar-refractivity contribution is 1.61. The second kappa shape index (κ2) is 11.2. The maximum atomic E-state index is 2.47. The molecule has 2 aliphatic rings. The minimum Gasteiger partial charge on any atom is -0.0622 e. The Morgan fingerprint density at radius 1 is 0.204 bits per heavy atom. The molecule has 10 aromatic carbocycles. The second-order valence-electron chi connectivity index (χ2n) is 14.7. The number of fused-ring (bicyclic) bond motifs is 7. The number of rotatable bonds is 4. The third-order valence-electron chi connectivity index (χ3n) is 11.9. The highest BCUT2D eigenvalue weighted by Crippen LogP contribution is 2.59. The van der Waals surface area contributed by atoms with Crippen molar-refractivity contribution in [1.29, 1.82) is 0 Å². The second-order valence-corrected chi connectivity index (χ2v) is 14.7. The summed E-state index contributed by atoms with van der Waals surface area (Å²) in [4.78, 5) is 0. The van der Waals surface area contributed by atoms with E-state index in [9.17, 15) is 0 Å². The highest BCUT2D eigenvalue weighted by molar-refractivity contribution is 6.29. The highest BCUT2D eigenvalue weighted by Gasteiger charge is 2.31. The van der Waals surface area contributed by atoms with Crippen LogP contribution in [0, 0.1) is 0 Å². The van der Waals surface area contributed by atoms with Crippen molar-refractivity contribution in [3.05, 3.63) is 194 Å². The van der Waals surface area contributed by atoms with Crippen molar-refractivity contribution >= 4 is 32.3 Å². The predicted octanol–water partition coefficient (Wildman–Crippen LogP) is 15.1. The van der Waals surface area contributed by atoms with Gasteiger partial charge in [0.1, 0.15) is 0 Å². The van der Waals surface area contributed by atoms with Crippen LogP contribution in [0.15, 0.2) is 194 Å². The molecular formula is C54H32. The molecule has 0 aromatic heterocycles. The minimum atomic E-state index is 1.23. The van der Waals surface area contributed by atoms with Crippen molar-refractivity contribution in [1.82, 2.24) is 0 Å². The topological polar surface area (TPSA) is 0 Å². The summed E-state index contributed by atoms with van der Waals surface area (Å²) in [6.45, 7) is 0. The molecule has 10 aromatic rings. The van der Waals surface area contributed by atoms with Gasteiger partial charge >= 0.3 is 0 Å². The molecule has 12 rings (SSSR count). The number of hydrogen-bond acceptors (Lipinski definition) is 0. The molecule has 0 heterocycles. The molecule has 0 amide bonds. The van der Waals surface area contributed by atoms with Crippen LogP contribution >= 0.6 is 0 Å². The lowest BCUT2D eigenvalue weighted by atomic mass is 9.81. The molecule has 0 radical (unpaired) electrons. The summed E-state index contributed by atoms with van der Waals surface area (Å²) in [7, 11) is 0. The van der Waals surface area contributed by atoms with Gasteiger partial charge in [-0.3, -0.25) is 0 Å². The van der Waals surface area contributed by atoms with E-state index in [-0.39, 0.29) is 0 Å². The summed E-state index contributed by atoms with van der Waals surface area (Å²) in [6, 6.07) is 72.2. The number of benzene rings is 10. The van der Waals surface area contributed by atoms with E-state index in [4.69, 9.17) is 0 Å². The lowest BCUT2D eigenvalue weighted by Crippen LogP contribution is -1.94. The Labute approximate surface area is 314 Å². The number of hydrogen-bond donors (Lipinski definition) is 0. The van der Waals surface area contributed by atoms with Gasteiger partial charge in [0.05, 0.1) is 0 Å². The van der Waals surface area contributed by atoms with Gasteiger partial charge in [0, 0.05) is 0 Å². The van der Waals surface area contributed by atoms with E-state index in [1.807, 2.05) is 0 Å². The summed E-state index contributed by atoms with van der Waals surface area (Å²) in [5.74, 6) is 0. The predicted molar refractivity (Wildman–Crippen MR) is 230 cm³/mol. The Morgan fingerprint density at radius 3 is 1.48 bits per heavy atom. The van der Waals surface area contributed by atoms with Crippen LogP contribution in [0.1, 0.15) is 0 Å². The first-order chi connectivity index (χ1) is 26.8. The van der Waals surface area contributed by atoms with Crippen LogP contribution in [0.4, 0.5) is 0 Å². The van der Waals surface area contributed by atoms with Crippen molar-refractivity contribution in [3.8, 4) is 89.0 Å². The van der Waals surface area contributed by atoms with E-state index < -0.39 is 0 Å². The normalized spacial score (nSPS) is 12.1. The van der Waals surface area contributed by atoms with Gasteiger partial charge in [-0.15, -0.1) is 0 Å². The van der Waals surface area contributed by atoms with Crippen LogP contribution in [0.25, 0.3) is 121 Å². The van der Waals surface area contributed by atoms with E-state index in [1.165, 1.54) is 121 Å². The fourth-order valence-corrected chi connectivity index (χ4v) is 9.69. The molecule has 248 valence electrons. The van der Waals surface area contributed by atoms with Crippen LogP contribution in [0.2, 0.25) is 0 Å². The molecule has 0 atom stereocenters. The van der Waals surface area contributed by atoms with Crippen molar-refractivity contribution in [2.75, 3.05) is 0 Å². The van der Waals surface area contributed by atoms with Gasteiger partial charge in [-0.25, -0.2) is 0 Å². The van der Waals surface area contributed by atoms with Crippen LogP contribution in [0.3, 0.4) is 0 Å². The van der Waals surface area contributed by atoms with Crippen LogP contribution in [-0.2, 0) is 0 Å². The lowest BCUT2D eigenvalue weighted by Gasteiger charge is -2.21. The third-order valence-corrected chi connectivity index (χ3v) is 11.9. The third kappa shape index (κ3) is 4.08. The van der Waals surface area contributed by atoms with Crippen LogP contribution < -0.4 is 0 Å². The summed E-state index contributed by atoms with van der Waals surface area (Å²) < 4.78 is 0. The first-order valence-electron chi connectivity index (χ1n) is 18.9. The molecule has 0 saturated carbocycles. The average molecular weight is 681 g/mol. The largest absolute Gasteiger partial charge is 0.0622 e. The zero-order chi connectivity index (χ0) is 35.3. The molecule has 0 nitrogen and oxygen atoms in total. The van der Waals surface area contributed by atoms with Gasteiger partial charge in [0.25, 0.3) is 0 Å². The Hall–Kier alpha value is -7.02. The summed E-state index contributed by atoms with van der Waals surface area (Å²) in [5.41, 5.74) is 20.6. The van der Waals surface area contributed by atoms with Crippen molar-refractivity contribution in [3.63, 3.8) is 0 Å². The Balaban J connectivity index is 1.20. The molecule has 0 bridgehead atoms. The van der Waals surface area contributed by atoms with Gasteiger partial charge in [0.15, 0.2) is 0 Å². The fourth-order valence-electron chi connectivity index (χ4n) is 9.69. The van der Waals surface area contributed by atoms with Gasteiger partial charge in [-0.05, 0) is 140 Å². The zero-order valence-electron chi connectivity index (χ0n) is 29.5. The Kier molecular flexibility index (Phi) is 6.15. The smallest absolute Gasteiger partial charge is 0.000741 e. The molecule has 0 saturated heterocycles. The van der Waals surface area contributed by atoms with E-state index in [2.05, 4.69) is 194 Å². The molecular weight excluding hydrogens is 649 g/mol. The van der Waals surface area contributed by atoms with Gasteiger partial charge in [-0.1, -0.05) is 176 Å². The zero-order valence-corrected chi connectivity index (χ0v) is 29.5. The first kappa shape index (κ1) is 29.5. The van der Waals surface area contributed by atoms with Crippen molar-refractivity contribution in [2.45, 2.75) is 0 Å². The maximum Gasteiger partial charge on any atom is -0.000741 e. The van der Waals surface area contributed by atoms with E-state index in [1.54, 1.807) is 0 Å². The molecule has 0 N–H and O–H groups in total. The first-order valence-corrected chi connectivity index (χ1v) is 18.9. The molecule has 0 spiro atoms. The minimum absolute atomic E-state index is 1.23. The molecule has 0 aliphatic heterocycles. The Bertz CT molecular complexity index is 3170. The molecule has 2 aliphatic carbocycles.